The highest BCUT2D eigenvalue weighted by Gasteiger charge is 1.99. The van der Waals surface area contributed by atoms with Gasteiger partial charge in [0.05, 0.1) is 25.9 Å². The summed E-state index contributed by atoms with van der Waals surface area (Å²) >= 11 is 0. The molecule has 5 heteroatoms. The lowest BCUT2D eigenvalue weighted by Crippen LogP contribution is -2.30. The fourth-order valence-corrected chi connectivity index (χ4v) is 0.799. The highest BCUT2D eigenvalue weighted by Crippen LogP contribution is 1.81. The van der Waals surface area contributed by atoms with E-state index in [-0.39, 0.29) is 13.2 Å². The first kappa shape index (κ1) is 12.8. The highest BCUT2D eigenvalue weighted by atomic mass is 16.5. The van der Waals surface area contributed by atoms with Crippen molar-refractivity contribution in [2.75, 3.05) is 39.5 Å². The lowest BCUT2D eigenvalue weighted by Gasteiger charge is -2.08. The van der Waals surface area contributed by atoms with Crippen LogP contribution >= 0.6 is 0 Å². The molecule has 0 fully saturated rings. The summed E-state index contributed by atoms with van der Waals surface area (Å²) in [6.07, 6.45) is 0.149. The Labute approximate surface area is 78.3 Å². The average molecular weight is 193 g/mol. The standard InChI is InChI=1S/C8H19NO4/c10-3-5-13-4-1-2-9-6-8(12)7-11/h8-12H,1-7H2/t8-/m0/s1. The molecule has 0 saturated carbocycles. The first-order valence-electron chi connectivity index (χ1n) is 4.49. The predicted octanol–water partition coefficient (Wildman–Crippen LogP) is -1.67. The molecular formula is C8H19NO4. The zero-order valence-electron chi connectivity index (χ0n) is 7.78. The minimum absolute atomic E-state index is 0.0522. The van der Waals surface area contributed by atoms with Crippen LogP contribution in [0.2, 0.25) is 0 Å². The maximum atomic E-state index is 8.92. The second-order valence-electron chi connectivity index (χ2n) is 2.73. The van der Waals surface area contributed by atoms with Crippen molar-refractivity contribution in [3.8, 4) is 0 Å². The molecule has 4 N–H and O–H groups in total. The summed E-state index contributed by atoms with van der Waals surface area (Å²) in [4.78, 5) is 0. The molecule has 0 aromatic heterocycles. The summed E-state index contributed by atoms with van der Waals surface area (Å²) in [7, 11) is 0. The van der Waals surface area contributed by atoms with Gasteiger partial charge in [-0.25, -0.2) is 0 Å². The Bertz CT molecular complexity index is 102. The van der Waals surface area contributed by atoms with Gasteiger partial charge in [0, 0.05) is 13.2 Å². The molecule has 0 aliphatic rings. The minimum Gasteiger partial charge on any atom is -0.394 e. The minimum atomic E-state index is -0.682. The van der Waals surface area contributed by atoms with Crippen molar-refractivity contribution >= 4 is 0 Å². The van der Waals surface area contributed by atoms with Gasteiger partial charge in [-0.2, -0.15) is 0 Å². The lowest BCUT2D eigenvalue weighted by molar-refractivity contribution is 0.0847. The molecular weight excluding hydrogens is 174 g/mol. The van der Waals surface area contributed by atoms with Crippen molar-refractivity contribution < 1.29 is 20.1 Å². The van der Waals surface area contributed by atoms with Gasteiger partial charge in [-0.1, -0.05) is 0 Å². The molecule has 0 rings (SSSR count). The topological polar surface area (TPSA) is 82.0 Å². The predicted molar refractivity (Wildman–Crippen MR) is 48.5 cm³/mol. The zero-order chi connectivity index (χ0) is 9.94. The normalized spacial score (nSPS) is 13.2. The van der Waals surface area contributed by atoms with E-state index in [4.69, 9.17) is 20.1 Å². The lowest BCUT2D eigenvalue weighted by atomic mass is 10.3. The SMILES string of the molecule is OCCOCCCNC[C@H](O)CO. The van der Waals surface area contributed by atoms with Crippen molar-refractivity contribution in [1.29, 1.82) is 0 Å². The number of nitrogens with one attached hydrogen (secondary N) is 1. The molecule has 0 aliphatic carbocycles. The summed E-state index contributed by atoms with van der Waals surface area (Å²) in [5, 5.41) is 28.7. The quantitative estimate of drug-likeness (QED) is 0.329. The summed E-state index contributed by atoms with van der Waals surface area (Å²) < 4.78 is 5.01. The largest absolute Gasteiger partial charge is 0.394 e. The summed E-state index contributed by atoms with van der Waals surface area (Å²) in [6.45, 7) is 1.95. The van der Waals surface area contributed by atoms with E-state index in [2.05, 4.69) is 5.32 Å². The molecule has 0 spiro atoms. The number of ether oxygens (including phenoxy) is 1. The average Bonchev–Trinajstić information content (AvgIpc) is 2.16. The van der Waals surface area contributed by atoms with Gasteiger partial charge >= 0.3 is 0 Å². The summed E-state index contributed by atoms with van der Waals surface area (Å²) in [5.74, 6) is 0. The van der Waals surface area contributed by atoms with E-state index in [1.165, 1.54) is 0 Å². The first-order valence-corrected chi connectivity index (χ1v) is 4.49. The van der Waals surface area contributed by atoms with Gasteiger partial charge in [0.25, 0.3) is 0 Å². The molecule has 0 unspecified atom stereocenters. The number of hydrogen-bond donors (Lipinski definition) is 4. The second-order valence-corrected chi connectivity index (χ2v) is 2.73. The van der Waals surface area contributed by atoms with Crippen molar-refractivity contribution in [1.82, 2.24) is 5.32 Å². The molecule has 5 nitrogen and oxygen atoms in total. The fourth-order valence-electron chi connectivity index (χ4n) is 0.799. The van der Waals surface area contributed by atoms with E-state index in [0.29, 0.717) is 19.8 Å². The van der Waals surface area contributed by atoms with Gasteiger partial charge in [0.1, 0.15) is 0 Å². The van der Waals surface area contributed by atoms with Crippen molar-refractivity contribution in [3.63, 3.8) is 0 Å². The van der Waals surface area contributed by atoms with Crippen LogP contribution in [-0.2, 0) is 4.74 Å². The molecule has 0 aromatic carbocycles. The van der Waals surface area contributed by atoms with E-state index in [0.717, 1.165) is 13.0 Å². The van der Waals surface area contributed by atoms with Crippen LogP contribution in [0.1, 0.15) is 6.42 Å². The Morgan fingerprint density at radius 1 is 1.23 bits per heavy atom. The maximum Gasteiger partial charge on any atom is 0.0894 e. The van der Waals surface area contributed by atoms with Crippen LogP contribution in [0.3, 0.4) is 0 Å². The Hall–Kier alpha value is -0.200. The van der Waals surface area contributed by atoms with E-state index >= 15 is 0 Å². The Balaban J connectivity index is 2.91. The molecule has 0 saturated heterocycles. The van der Waals surface area contributed by atoms with Gasteiger partial charge in [0.2, 0.25) is 0 Å². The van der Waals surface area contributed by atoms with Crippen molar-refractivity contribution in [2.24, 2.45) is 0 Å². The molecule has 80 valence electrons. The van der Waals surface area contributed by atoms with Crippen molar-refractivity contribution in [3.05, 3.63) is 0 Å². The third kappa shape index (κ3) is 9.72. The van der Waals surface area contributed by atoms with E-state index in [1.807, 2.05) is 0 Å². The first-order chi connectivity index (χ1) is 6.31. The number of aliphatic hydroxyl groups is 3. The Morgan fingerprint density at radius 2 is 2.00 bits per heavy atom. The van der Waals surface area contributed by atoms with Gasteiger partial charge in [-0.05, 0) is 13.0 Å². The van der Waals surface area contributed by atoms with Crippen LogP contribution in [0.4, 0.5) is 0 Å². The van der Waals surface area contributed by atoms with E-state index in [9.17, 15) is 0 Å². The molecule has 1 atom stereocenters. The Kier molecular flexibility index (Phi) is 9.73. The number of rotatable bonds is 9. The second kappa shape index (κ2) is 9.88. The third-order valence-corrected chi connectivity index (χ3v) is 1.47. The maximum absolute atomic E-state index is 8.92. The molecule has 0 amide bonds. The summed E-state index contributed by atoms with van der Waals surface area (Å²) in [5.41, 5.74) is 0. The van der Waals surface area contributed by atoms with E-state index in [1.54, 1.807) is 0 Å². The molecule has 0 aliphatic heterocycles. The van der Waals surface area contributed by atoms with Crippen LogP contribution < -0.4 is 5.32 Å². The zero-order valence-corrected chi connectivity index (χ0v) is 7.78. The third-order valence-electron chi connectivity index (χ3n) is 1.47. The fraction of sp³-hybridized carbons (Fsp3) is 1.00. The number of hydrogen-bond acceptors (Lipinski definition) is 5. The molecule has 13 heavy (non-hydrogen) atoms. The van der Waals surface area contributed by atoms with Gasteiger partial charge in [-0.15, -0.1) is 0 Å². The van der Waals surface area contributed by atoms with Crippen molar-refractivity contribution in [2.45, 2.75) is 12.5 Å². The van der Waals surface area contributed by atoms with Crippen LogP contribution in [0.25, 0.3) is 0 Å². The molecule has 0 aromatic rings. The Morgan fingerprint density at radius 3 is 2.62 bits per heavy atom. The number of aliphatic hydroxyl groups excluding tert-OH is 3. The van der Waals surface area contributed by atoms with E-state index < -0.39 is 6.10 Å². The highest BCUT2D eigenvalue weighted by molar-refractivity contribution is 4.56. The summed E-state index contributed by atoms with van der Waals surface area (Å²) in [6, 6.07) is 0. The van der Waals surface area contributed by atoms with Crippen LogP contribution in [0, 0.1) is 0 Å². The van der Waals surface area contributed by atoms with Gasteiger partial charge < -0.3 is 25.4 Å². The molecule has 0 heterocycles. The molecule has 0 bridgehead atoms. The van der Waals surface area contributed by atoms with Gasteiger partial charge in [-0.3, -0.25) is 0 Å². The van der Waals surface area contributed by atoms with Crippen LogP contribution in [0.15, 0.2) is 0 Å². The van der Waals surface area contributed by atoms with Gasteiger partial charge in [0.15, 0.2) is 0 Å². The molecule has 0 radical (unpaired) electrons. The van der Waals surface area contributed by atoms with Crippen LogP contribution in [-0.4, -0.2) is 60.9 Å². The smallest absolute Gasteiger partial charge is 0.0894 e. The van der Waals surface area contributed by atoms with Crippen LogP contribution in [0.5, 0.6) is 0 Å². The monoisotopic (exact) mass is 193 g/mol.